The summed E-state index contributed by atoms with van der Waals surface area (Å²) in [6, 6.07) is 24.5. The van der Waals surface area contributed by atoms with E-state index in [2.05, 4.69) is 73.7 Å². The molecule has 0 amide bonds. The van der Waals surface area contributed by atoms with Crippen molar-refractivity contribution in [3.05, 3.63) is 72.3 Å². The molecule has 4 aromatic rings. The fourth-order valence-corrected chi connectivity index (χ4v) is 3.33. The van der Waals surface area contributed by atoms with Crippen LogP contribution in [-0.4, -0.2) is 0 Å². The molecule has 0 spiro atoms. The molecule has 0 saturated carbocycles. The second-order valence-electron chi connectivity index (χ2n) is 5.75. The highest BCUT2D eigenvalue weighted by Gasteiger charge is 2.05. The van der Waals surface area contributed by atoms with Crippen molar-refractivity contribution in [1.82, 2.24) is 0 Å². The van der Waals surface area contributed by atoms with Crippen LogP contribution in [0, 0.1) is 0 Å². The smallest absolute Gasteiger partial charge is 0.00989 e. The van der Waals surface area contributed by atoms with Gasteiger partial charge in [0.15, 0.2) is 0 Å². The number of rotatable bonds is 2. The van der Waals surface area contributed by atoms with Crippen molar-refractivity contribution in [3.63, 3.8) is 0 Å². The number of hydrogen-bond acceptors (Lipinski definition) is 0. The van der Waals surface area contributed by atoms with E-state index < -0.39 is 0 Å². The lowest BCUT2D eigenvalue weighted by molar-refractivity contribution is 0.930. The van der Waals surface area contributed by atoms with Crippen LogP contribution in [0.25, 0.3) is 32.3 Å². The summed E-state index contributed by atoms with van der Waals surface area (Å²) in [7, 11) is 0. The van der Waals surface area contributed by atoms with Gasteiger partial charge < -0.3 is 0 Å². The summed E-state index contributed by atoms with van der Waals surface area (Å²) in [5.74, 6) is 0. The molecule has 0 saturated heterocycles. The largest absolute Gasteiger partial charge is 0.0651 e. The van der Waals surface area contributed by atoms with Crippen LogP contribution < -0.4 is 0 Å². The van der Waals surface area contributed by atoms with Gasteiger partial charge >= 0.3 is 0 Å². The Morgan fingerprint density at radius 1 is 0.619 bits per heavy atom. The van der Waals surface area contributed by atoms with E-state index in [0.29, 0.717) is 0 Å². The van der Waals surface area contributed by atoms with Crippen LogP contribution in [0.15, 0.2) is 66.7 Å². The lowest BCUT2D eigenvalue weighted by atomic mass is 9.95. The zero-order valence-corrected chi connectivity index (χ0v) is 12.3. The minimum absolute atomic E-state index is 1.15. The summed E-state index contributed by atoms with van der Waals surface area (Å²) in [4.78, 5) is 0. The summed E-state index contributed by atoms with van der Waals surface area (Å²) in [6.07, 6.45) is 2.34. The Hall–Kier alpha value is -2.34. The molecule has 0 nitrogen and oxygen atoms in total. The molecule has 0 aliphatic heterocycles. The molecule has 0 atom stereocenters. The summed E-state index contributed by atoms with van der Waals surface area (Å²) in [5.41, 5.74) is 1.46. The van der Waals surface area contributed by atoms with Crippen LogP contribution in [0.2, 0.25) is 0 Å². The Bertz CT molecular complexity index is 948. The second kappa shape index (κ2) is 4.89. The molecule has 102 valence electrons. The predicted octanol–water partition coefficient (Wildman–Crippen LogP) is 6.10. The van der Waals surface area contributed by atoms with Crippen molar-refractivity contribution in [1.29, 1.82) is 0 Å². The highest BCUT2D eigenvalue weighted by molar-refractivity contribution is 6.12. The highest BCUT2D eigenvalue weighted by atomic mass is 14.1. The van der Waals surface area contributed by atoms with Gasteiger partial charge in [-0.1, -0.05) is 67.9 Å². The standard InChI is InChI=1S/C21H18/c1-2-6-15-9-5-10-20-19(15)12-11-18-13-16-7-3-4-8-17(16)14-21(18)20/h3-5,7-14H,2,6H2,1H3. The first-order valence-electron chi connectivity index (χ1n) is 7.70. The zero-order chi connectivity index (χ0) is 14.2. The zero-order valence-electron chi connectivity index (χ0n) is 12.3. The second-order valence-corrected chi connectivity index (χ2v) is 5.75. The van der Waals surface area contributed by atoms with Crippen LogP contribution in [0.5, 0.6) is 0 Å². The maximum atomic E-state index is 2.34. The molecule has 0 N–H and O–H groups in total. The molecule has 0 heteroatoms. The van der Waals surface area contributed by atoms with Gasteiger partial charge in [0.05, 0.1) is 0 Å². The first kappa shape index (κ1) is 12.4. The van der Waals surface area contributed by atoms with Gasteiger partial charge in [-0.15, -0.1) is 0 Å². The van der Waals surface area contributed by atoms with Gasteiger partial charge in [0.2, 0.25) is 0 Å². The maximum absolute atomic E-state index is 2.34. The van der Waals surface area contributed by atoms with Gasteiger partial charge in [-0.25, -0.2) is 0 Å². The number of hydrogen-bond donors (Lipinski definition) is 0. The normalized spacial score (nSPS) is 11.5. The molecule has 21 heavy (non-hydrogen) atoms. The van der Waals surface area contributed by atoms with Gasteiger partial charge in [-0.05, 0) is 56.4 Å². The summed E-state index contributed by atoms with van der Waals surface area (Å²) in [5, 5.41) is 8.11. The fraction of sp³-hybridized carbons (Fsp3) is 0.143. The van der Waals surface area contributed by atoms with Gasteiger partial charge in [0.25, 0.3) is 0 Å². The Morgan fingerprint density at radius 2 is 1.43 bits per heavy atom. The SMILES string of the molecule is CCCc1cccc2c1ccc1cc3ccccc3cc12. The number of benzene rings is 4. The Morgan fingerprint density at radius 3 is 2.24 bits per heavy atom. The van der Waals surface area contributed by atoms with Gasteiger partial charge in [0, 0.05) is 0 Å². The van der Waals surface area contributed by atoms with Crippen molar-refractivity contribution in [2.75, 3.05) is 0 Å². The molecule has 4 rings (SSSR count). The van der Waals surface area contributed by atoms with E-state index in [0.717, 1.165) is 6.42 Å². The Balaban J connectivity index is 2.12. The number of fused-ring (bicyclic) bond motifs is 4. The molecular weight excluding hydrogens is 252 g/mol. The van der Waals surface area contributed by atoms with E-state index in [1.54, 1.807) is 0 Å². The molecule has 0 aromatic heterocycles. The van der Waals surface area contributed by atoms with Crippen LogP contribution in [0.4, 0.5) is 0 Å². The van der Waals surface area contributed by atoms with Crippen molar-refractivity contribution in [2.24, 2.45) is 0 Å². The van der Waals surface area contributed by atoms with Gasteiger partial charge in [-0.2, -0.15) is 0 Å². The third kappa shape index (κ3) is 1.99. The summed E-state index contributed by atoms with van der Waals surface area (Å²) < 4.78 is 0. The minimum atomic E-state index is 1.15. The monoisotopic (exact) mass is 270 g/mol. The molecule has 0 aliphatic rings. The van der Waals surface area contributed by atoms with Crippen molar-refractivity contribution < 1.29 is 0 Å². The van der Waals surface area contributed by atoms with Crippen LogP contribution in [0.1, 0.15) is 18.9 Å². The highest BCUT2D eigenvalue weighted by Crippen LogP contribution is 2.31. The van der Waals surface area contributed by atoms with E-state index in [4.69, 9.17) is 0 Å². The lowest BCUT2D eigenvalue weighted by Crippen LogP contribution is -1.87. The average Bonchev–Trinajstić information content (AvgIpc) is 2.53. The molecule has 0 aliphatic carbocycles. The Labute approximate surface area is 125 Å². The summed E-state index contributed by atoms with van der Waals surface area (Å²) >= 11 is 0. The third-order valence-electron chi connectivity index (χ3n) is 4.35. The van der Waals surface area contributed by atoms with Crippen LogP contribution >= 0.6 is 0 Å². The molecule has 0 radical (unpaired) electrons. The predicted molar refractivity (Wildman–Crippen MR) is 93.0 cm³/mol. The molecular formula is C21H18. The fourth-order valence-electron chi connectivity index (χ4n) is 3.33. The molecule has 0 bridgehead atoms. The minimum Gasteiger partial charge on any atom is -0.0651 e. The van der Waals surface area contributed by atoms with E-state index >= 15 is 0 Å². The van der Waals surface area contributed by atoms with E-state index in [-0.39, 0.29) is 0 Å². The quantitative estimate of drug-likeness (QED) is 0.305. The van der Waals surface area contributed by atoms with Crippen LogP contribution in [0.3, 0.4) is 0 Å². The molecule has 0 unspecified atom stereocenters. The van der Waals surface area contributed by atoms with Gasteiger partial charge in [0.1, 0.15) is 0 Å². The van der Waals surface area contributed by atoms with E-state index in [9.17, 15) is 0 Å². The first-order chi connectivity index (χ1) is 10.4. The molecule has 4 aromatic carbocycles. The average molecular weight is 270 g/mol. The van der Waals surface area contributed by atoms with Crippen LogP contribution in [-0.2, 0) is 6.42 Å². The van der Waals surface area contributed by atoms with Crippen molar-refractivity contribution in [3.8, 4) is 0 Å². The summed E-state index contributed by atoms with van der Waals surface area (Å²) in [6.45, 7) is 2.24. The van der Waals surface area contributed by atoms with Crippen molar-refractivity contribution >= 4 is 32.3 Å². The van der Waals surface area contributed by atoms with Crippen molar-refractivity contribution in [2.45, 2.75) is 19.8 Å². The number of aryl methyl sites for hydroxylation is 1. The first-order valence-corrected chi connectivity index (χ1v) is 7.70. The Kier molecular flexibility index (Phi) is 2.89. The van der Waals surface area contributed by atoms with Gasteiger partial charge in [-0.3, -0.25) is 0 Å². The lowest BCUT2D eigenvalue weighted by Gasteiger charge is -2.10. The third-order valence-corrected chi connectivity index (χ3v) is 4.35. The topological polar surface area (TPSA) is 0 Å². The van der Waals surface area contributed by atoms with E-state index in [1.165, 1.54) is 44.3 Å². The van der Waals surface area contributed by atoms with E-state index in [1.807, 2.05) is 0 Å². The molecule has 0 fully saturated rings. The molecule has 0 heterocycles. The maximum Gasteiger partial charge on any atom is -0.00989 e.